The van der Waals surface area contributed by atoms with Gasteiger partial charge in [-0.15, -0.1) is 24.0 Å². The number of aliphatic imine (C=N–C) groups is 1. The van der Waals surface area contributed by atoms with Gasteiger partial charge >= 0.3 is 0 Å². The number of nitrogens with one attached hydrogen (secondary N) is 2. The summed E-state index contributed by atoms with van der Waals surface area (Å²) < 4.78 is 0. The summed E-state index contributed by atoms with van der Waals surface area (Å²) in [5, 5.41) is 6.73. The van der Waals surface area contributed by atoms with Crippen LogP contribution < -0.4 is 10.6 Å². The fourth-order valence-corrected chi connectivity index (χ4v) is 2.77. The molecule has 138 valence electrons. The highest BCUT2D eigenvalue weighted by Gasteiger charge is 2.00. The molecular weight excluding hydrogens is 431 g/mol. The van der Waals surface area contributed by atoms with Crippen LogP contribution in [0.2, 0.25) is 0 Å². The maximum Gasteiger partial charge on any atom is 0.191 e. The second-order valence-electron chi connectivity index (χ2n) is 5.88. The van der Waals surface area contributed by atoms with Gasteiger partial charge in [-0.1, -0.05) is 24.3 Å². The van der Waals surface area contributed by atoms with Gasteiger partial charge in [0.1, 0.15) is 0 Å². The summed E-state index contributed by atoms with van der Waals surface area (Å²) >= 11 is 1.91. The Kier molecular flexibility index (Phi) is 14.5. The number of hydrogen-bond donors (Lipinski definition) is 2. The Morgan fingerprint density at radius 3 is 2.58 bits per heavy atom. The number of rotatable bonds is 10. The molecule has 1 aromatic carbocycles. The molecule has 24 heavy (non-hydrogen) atoms. The lowest BCUT2D eigenvalue weighted by atomic mass is 10.1. The molecule has 0 heterocycles. The highest BCUT2D eigenvalue weighted by Crippen LogP contribution is 2.08. The minimum Gasteiger partial charge on any atom is -0.357 e. The van der Waals surface area contributed by atoms with E-state index in [0.717, 1.165) is 25.6 Å². The molecule has 0 bridgehead atoms. The third-order valence-electron chi connectivity index (χ3n) is 3.32. The first-order chi connectivity index (χ1) is 11.2. The predicted octanol–water partition coefficient (Wildman–Crippen LogP) is 3.56. The first-order valence-electron chi connectivity index (χ1n) is 8.39. The molecule has 0 aliphatic carbocycles. The van der Waals surface area contributed by atoms with Gasteiger partial charge in [0.25, 0.3) is 0 Å². The van der Waals surface area contributed by atoms with Crippen molar-refractivity contribution >= 4 is 41.7 Å². The zero-order valence-electron chi connectivity index (χ0n) is 15.5. The summed E-state index contributed by atoms with van der Waals surface area (Å²) in [6.07, 6.45) is 4.59. The maximum absolute atomic E-state index is 4.70. The molecule has 0 radical (unpaired) electrons. The molecule has 0 aromatic heterocycles. The molecule has 0 unspecified atom stereocenters. The van der Waals surface area contributed by atoms with E-state index >= 15 is 0 Å². The molecule has 0 fully saturated rings. The number of nitrogens with zero attached hydrogens (tertiary/aromatic N) is 2. The van der Waals surface area contributed by atoms with E-state index in [9.17, 15) is 0 Å². The summed E-state index contributed by atoms with van der Waals surface area (Å²) in [6.45, 7) is 5.64. The van der Waals surface area contributed by atoms with Gasteiger partial charge in [0, 0.05) is 19.6 Å². The van der Waals surface area contributed by atoms with Crippen LogP contribution in [0.15, 0.2) is 29.3 Å². The molecule has 0 aliphatic heterocycles. The topological polar surface area (TPSA) is 39.7 Å². The quantitative estimate of drug-likeness (QED) is 0.241. The fraction of sp³-hybridized carbons (Fsp3) is 0.611. The zero-order chi connectivity index (χ0) is 16.9. The molecule has 4 nitrogen and oxygen atoms in total. The first kappa shape index (κ1) is 23.5. The van der Waals surface area contributed by atoms with Crippen molar-refractivity contribution in [2.75, 3.05) is 39.2 Å². The molecule has 0 spiro atoms. The van der Waals surface area contributed by atoms with Crippen LogP contribution in [0.3, 0.4) is 0 Å². The molecule has 0 atom stereocenters. The summed E-state index contributed by atoms with van der Waals surface area (Å²) in [5.41, 5.74) is 2.58. The summed E-state index contributed by atoms with van der Waals surface area (Å²) in [6, 6.07) is 8.67. The molecule has 0 amide bonds. The van der Waals surface area contributed by atoms with E-state index in [2.05, 4.69) is 67.1 Å². The van der Waals surface area contributed by atoms with Gasteiger partial charge in [0.05, 0.1) is 6.54 Å². The van der Waals surface area contributed by atoms with Gasteiger partial charge in [-0.2, -0.15) is 11.8 Å². The van der Waals surface area contributed by atoms with Crippen molar-refractivity contribution in [3.05, 3.63) is 35.4 Å². The van der Waals surface area contributed by atoms with Crippen LogP contribution in [0.1, 0.15) is 30.9 Å². The minimum absolute atomic E-state index is 0. The first-order valence-corrected chi connectivity index (χ1v) is 9.78. The Bertz CT molecular complexity index is 466. The number of thioether (sulfide) groups is 1. The molecular formula is C18H33IN4S. The van der Waals surface area contributed by atoms with Crippen LogP contribution in [0.5, 0.6) is 0 Å². The Morgan fingerprint density at radius 2 is 1.92 bits per heavy atom. The minimum atomic E-state index is 0. The van der Waals surface area contributed by atoms with Crippen molar-refractivity contribution < 1.29 is 0 Å². The second kappa shape index (κ2) is 14.8. The molecule has 6 heteroatoms. The Balaban J connectivity index is 0.00000529. The molecule has 1 aromatic rings. The van der Waals surface area contributed by atoms with Crippen molar-refractivity contribution in [1.82, 2.24) is 15.5 Å². The van der Waals surface area contributed by atoms with Crippen LogP contribution in [0.4, 0.5) is 0 Å². The number of hydrogen-bond acceptors (Lipinski definition) is 3. The van der Waals surface area contributed by atoms with E-state index in [1.807, 2.05) is 11.8 Å². The summed E-state index contributed by atoms with van der Waals surface area (Å²) in [5.74, 6) is 2.14. The van der Waals surface area contributed by atoms with Crippen molar-refractivity contribution in [2.24, 2.45) is 4.99 Å². The van der Waals surface area contributed by atoms with Crippen molar-refractivity contribution in [3.63, 3.8) is 0 Å². The van der Waals surface area contributed by atoms with E-state index in [1.165, 1.54) is 29.7 Å². The average molecular weight is 464 g/mol. The lowest BCUT2D eigenvalue weighted by Crippen LogP contribution is -2.37. The van der Waals surface area contributed by atoms with E-state index in [-0.39, 0.29) is 24.0 Å². The van der Waals surface area contributed by atoms with E-state index in [4.69, 9.17) is 4.99 Å². The van der Waals surface area contributed by atoms with Crippen molar-refractivity contribution in [1.29, 1.82) is 0 Å². The van der Waals surface area contributed by atoms with Gasteiger partial charge in [0.15, 0.2) is 5.96 Å². The monoisotopic (exact) mass is 464 g/mol. The van der Waals surface area contributed by atoms with E-state index in [0.29, 0.717) is 6.54 Å². The average Bonchev–Trinajstić information content (AvgIpc) is 2.52. The van der Waals surface area contributed by atoms with E-state index < -0.39 is 0 Å². The number of guanidine groups is 1. The molecule has 0 aliphatic rings. The maximum atomic E-state index is 4.70. The van der Waals surface area contributed by atoms with Gasteiger partial charge < -0.3 is 15.5 Å². The molecule has 1 rings (SSSR count). The highest BCUT2D eigenvalue weighted by molar-refractivity contribution is 14.0. The number of unbranched alkanes of at least 4 members (excludes halogenated alkanes) is 1. The lowest BCUT2D eigenvalue weighted by Gasteiger charge is -2.12. The molecule has 0 saturated heterocycles. The smallest absolute Gasteiger partial charge is 0.191 e. The fourth-order valence-electron chi connectivity index (χ4n) is 2.28. The van der Waals surface area contributed by atoms with Gasteiger partial charge in [-0.3, -0.25) is 0 Å². The van der Waals surface area contributed by atoms with Crippen molar-refractivity contribution in [2.45, 2.75) is 32.9 Å². The lowest BCUT2D eigenvalue weighted by molar-refractivity contribution is 0.402. The van der Waals surface area contributed by atoms with Crippen LogP contribution >= 0.6 is 35.7 Å². The van der Waals surface area contributed by atoms with Crippen molar-refractivity contribution in [3.8, 4) is 0 Å². The van der Waals surface area contributed by atoms with Crippen LogP contribution in [0, 0.1) is 0 Å². The largest absolute Gasteiger partial charge is 0.357 e. The second-order valence-corrected chi connectivity index (χ2v) is 6.87. The SMILES string of the molecule is CCNC(=NCc1cccc(CN(C)C)c1)NCCCCSC.I. The third-order valence-corrected chi connectivity index (χ3v) is 4.02. The number of halogens is 1. The predicted molar refractivity (Wildman–Crippen MR) is 120 cm³/mol. The van der Waals surface area contributed by atoms with Crippen LogP contribution in [-0.2, 0) is 13.1 Å². The highest BCUT2D eigenvalue weighted by atomic mass is 127. The summed E-state index contributed by atoms with van der Waals surface area (Å²) in [7, 11) is 4.18. The van der Waals surface area contributed by atoms with Gasteiger partial charge in [-0.05, 0) is 57.0 Å². The van der Waals surface area contributed by atoms with E-state index in [1.54, 1.807) is 0 Å². The standard InChI is InChI=1S/C18H32N4S.HI/c1-5-19-18(20-11-6-7-12-23-4)21-14-16-9-8-10-17(13-16)15-22(2)3;/h8-10,13H,5-7,11-12,14-15H2,1-4H3,(H2,19,20,21);1H. The van der Waals surface area contributed by atoms with Gasteiger partial charge in [0.2, 0.25) is 0 Å². The van der Waals surface area contributed by atoms with Gasteiger partial charge in [-0.25, -0.2) is 4.99 Å². The normalized spacial score (nSPS) is 11.3. The Labute approximate surface area is 169 Å². The Morgan fingerprint density at radius 1 is 1.17 bits per heavy atom. The Hall–Kier alpha value is -0.470. The number of benzene rings is 1. The van der Waals surface area contributed by atoms with Crippen LogP contribution in [0.25, 0.3) is 0 Å². The molecule has 0 saturated carbocycles. The zero-order valence-corrected chi connectivity index (χ0v) is 18.6. The van der Waals surface area contributed by atoms with Crippen LogP contribution in [-0.4, -0.2) is 50.1 Å². The molecule has 2 N–H and O–H groups in total. The summed E-state index contributed by atoms with van der Waals surface area (Å²) in [4.78, 5) is 6.88. The third kappa shape index (κ3) is 11.1.